The molecule has 1 N–H and O–H groups in total. The lowest BCUT2D eigenvalue weighted by Crippen LogP contribution is -2.51. The number of carbonyl (C=O) groups excluding carboxylic acids is 2. The van der Waals surface area contributed by atoms with Crippen molar-refractivity contribution in [3.05, 3.63) is 102 Å². The highest BCUT2D eigenvalue weighted by molar-refractivity contribution is 5.88. The molecule has 0 saturated heterocycles. The van der Waals surface area contributed by atoms with Crippen molar-refractivity contribution in [3.63, 3.8) is 0 Å². The summed E-state index contributed by atoms with van der Waals surface area (Å²) >= 11 is 0. The summed E-state index contributed by atoms with van der Waals surface area (Å²) in [4.78, 5) is 28.8. The summed E-state index contributed by atoms with van der Waals surface area (Å²) in [7, 11) is 1.62. The number of methoxy groups -OCH3 is 1. The minimum absolute atomic E-state index is 0.0809. The zero-order valence-corrected chi connectivity index (χ0v) is 20.2. The summed E-state index contributed by atoms with van der Waals surface area (Å²) in [6, 6.07) is 26.5. The van der Waals surface area contributed by atoms with Crippen LogP contribution in [0.25, 0.3) is 0 Å². The van der Waals surface area contributed by atoms with E-state index < -0.39 is 6.04 Å². The predicted octanol–water partition coefficient (Wildman–Crippen LogP) is 4.65. The minimum atomic E-state index is -0.625. The van der Waals surface area contributed by atoms with Crippen LogP contribution in [0.5, 0.6) is 5.75 Å². The van der Waals surface area contributed by atoms with Crippen LogP contribution in [0.3, 0.4) is 0 Å². The van der Waals surface area contributed by atoms with E-state index in [1.165, 1.54) is 0 Å². The molecule has 3 aromatic rings. The van der Waals surface area contributed by atoms with Crippen LogP contribution in [0.2, 0.25) is 0 Å². The van der Waals surface area contributed by atoms with Gasteiger partial charge in [0.25, 0.3) is 0 Å². The normalized spacial score (nSPS) is 11.6. The van der Waals surface area contributed by atoms with Gasteiger partial charge in [0.15, 0.2) is 0 Å². The summed E-state index contributed by atoms with van der Waals surface area (Å²) < 4.78 is 5.27. The van der Waals surface area contributed by atoms with Crippen molar-refractivity contribution in [2.24, 2.45) is 5.92 Å². The molecule has 0 aliphatic carbocycles. The Labute approximate surface area is 202 Å². The van der Waals surface area contributed by atoms with E-state index in [9.17, 15) is 9.59 Å². The fourth-order valence-electron chi connectivity index (χ4n) is 3.78. The van der Waals surface area contributed by atoms with Gasteiger partial charge in [0, 0.05) is 19.5 Å². The van der Waals surface area contributed by atoms with Crippen LogP contribution in [-0.4, -0.2) is 36.4 Å². The first-order chi connectivity index (χ1) is 16.5. The number of benzene rings is 3. The van der Waals surface area contributed by atoms with Gasteiger partial charge in [-0.1, -0.05) is 86.6 Å². The third-order valence-corrected chi connectivity index (χ3v) is 5.67. The second-order valence-corrected chi connectivity index (χ2v) is 8.88. The van der Waals surface area contributed by atoms with Crippen LogP contribution in [0.1, 0.15) is 30.5 Å². The van der Waals surface area contributed by atoms with Crippen LogP contribution >= 0.6 is 0 Å². The molecule has 0 radical (unpaired) electrons. The predicted molar refractivity (Wildman–Crippen MR) is 135 cm³/mol. The van der Waals surface area contributed by atoms with Crippen molar-refractivity contribution in [3.8, 4) is 5.75 Å². The summed E-state index contributed by atoms with van der Waals surface area (Å²) in [6.45, 7) is 5.01. The van der Waals surface area contributed by atoms with Gasteiger partial charge in [-0.15, -0.1) is 0 Å². The standard InChI is InChI=1S/C29H34N2O3/c1-22(2)20-30-29(33)27(18-23-10-6-4-7-11-23)31(21-25-14-16-26(34-3)17-15-25)28(32)19-24-12-8-5-9-13-24/h4-17,22,27H,18-21H2,1-3H3,(H,30,33)/t27-/m1/s1. The van der Waals surface area contributed by atoms with E-state index in [0.717, 1.165) is 22.4 Å². The Morgan fingerprint density at radius 2 is 1.41 bits per heavy atom. The highest BCUT2D eigenvalue weighted by Crippen LogP contribution is 2.19. The van der Waals surface area contributed by atoms with Crippen LogP contribution in [-0.2, 0) is 29.0 Å². The molecule has 0 aliphatic rings. The second kappa shape index (κ2) is 12.6. The van der Waals surface area contributed by atoms with Gasteiger partial charge in [-0.25, -0.2) is 0 Å². The molecule has 34 heavy (non-hydrogen) atoms. The summed E-state index contributed by atoms with van der Waals surface area (Å²) in [6.07, 6.45) is 0.682. The molecular formula is C29H34N2O3. The van der Waals surface area contributed by atoms with Gasteiger partial charge in [-0.2, -0.15) is 0 Å². The van der Waals surface area contributed by atoms with Gasteiger partial charge in [-0.05, 0) is 34.7 Å². The molecule has 2 amide bonds. The van der Waals surface area contributed by atoms with Gasteiger partial charge >= 0.3 is 0 Å². The van der Waals surface area contributed by atoms with E-state index >= 15 is 0 Å². The fourth-order valence-corrected chi connectivity index (χ4v) is 3.78. The Kier molecular flexibility index (Phi) is 9.27. The monoisotopic (exact) mass is 458 g/mol. The zero-order valence-electron chi connectivity index (χ0n) is 20.2. The molecule has 0 bridgehead atoms. The Morgan fingerprint density at radius 3 is 1.97 bits per heavy atom. The Bertz CT molecular complexity index is 1030. The Hall–Kier alpha value is -3.60. The lowest BCUT2D eigenvalue weighted by molar-refractivity contribution is -0.140. The van der Waals surface area contributed by atoms with Crippen molar-refractivity contribution in [2.45, 2.75) is 39.3 Å². The second-order valence-electron chi connectivity index (χ2n) is 8.88. The van der Waals surface area contributed by atoms with Gasteiger partial charge in [0.1, 0.15) is 11.8 Å². The van der Waals surface area contributed by atoms with Crippen molar-refractivity contribution in [2.75, 3.05) is 13.7 Å². The molecule has 0 unspecified atom stereocenters. The SMILES string of the molecule is COc1ccc(CN(C(=O)Cc2ccccc2)[C@H](Cc2ccccc2)C(=O)NCC(C)C)cc1. The van der Waals surface area contributed by atoms with Gasteiger partial charge in [0.05, 0.1) is 13.5 Å². The topological polar surface area (TPSA) is 58.6 Å². The average molecular weight is 459 g/mol. The minimum Gasteiger partial charge on any atom is -0.497 e. The van der Waals surface area contributed by atoms with Gasteiger partial charge in [-0.3, -0.25) is 9.59 Å². The van der Waals surface area contributed by atoms with Crippen molar-refractivity contribution < 1.29 is 14.3 Å². The Balaban J connectivity index is 1.93. The number of nitrogens with zero attached hydrogens (tertiary/aromatic N) is 1. The fraction of sp³-hybridized carbons (Fsp3) is 0.310. The molecule has 0 saturated carbocycles. The lowest BCUT2D eigenvalue weighted by atomic mass is 10.0. The molecule has 1 atom stereocenters. The first kappa shape index (κ1) is 25.0. The summed E-state index contributed by atoms with van der Waals surface area (Å²) in [5, 5.41) is 3.05. The maximum absolute atomic E-state index is 13.6. The van der Waals surface area contributed by atoms with Crippen LogP contribution < -0.4 is 10.1 Å². The number of nitrogens with one attached hydrogen (secondary N) is 1. The summed E-state index contributed by atoms with van der Waals surface area (Å²) in [5.74, 6) is 0.855. The first-order valence-corrected chi connectivity index (χ1v) is 11.7. The van der Waals surface area contributed by atoms with Crippen LogP contribution in [0.15, 0.2) is 84.9 Å². The van der Waals surface area contributed by atoms with E-state index in [1.807, 2.05) is 84.9 Å². The molecule has 0 spiro atoms. The van der Waals surface area contributed by atoms with E-state index in [4.69, 9.17) is 4.74 Å². The van der Waals surface area contributed by atoms with Gasteiger partial charge < -0.3 is 15.0 Å². The van der Waals surface area contributed by atoms with Gasteiger partial charge in [0.2, 0.25) is 11.8 Å². The molecule has 0 aromatic heterocycles. The number of carbonyl (C=O) groups is 2. The molecule has 3 rings (SSSR count). The van der Waals surface area contributed by atoms with E-state index in [2.05, 4.69) is 19.2 Å². The highest BCUT2D eigenvalue weighted by atomic mass is 16.5. The molecule has 0 heterocycles. The van der Waals surface area contributed by atoms with Crippen molar-refractivity contribution >= 4 is 11.8 Å². The third kappa shape index (κ3) is 7.48. The highest BCUT2D eigenvalue weighted by Gasteiger charge is 2.30. The molecule has 5 nitrogen and oxygen atoms in total. The lowest BCUT2D eigenvalue weighted by Gasteiger charge is -2.32. The smallest absolute Gasteiger partial charge is 0.243 e. The molecule has 3 aromatic carbocycles. The third-order valence-electron chi connectivity index (χ3n) is 5.67. The summed E-state index contributed by atoms with van der Waals surface area (Å²) in [5.41, 5.74) is 2.88. The number of hydrogen-bond donors (Lipinski definition) is 1. The van der Waals surface area contributed by atoms with E-state index in [0.29, 0.717) is 25.4 Å². The van der Waals surface area contributed by atoms with Crippen molar-refractivity contribution in [1.82, 2.24) is 10.2 Å². The number of amides is 2. The van der Waals surface area contributed by atoms with Crippen molar-refractivity contribution in [1.29, 1.82) is 0 Å². The number of hydrogen-bond acceptors (Lipinski definition) is 3. The Morgan fingerprint density at radius 1 is 0.824 bits per heavy atom. The first-order valence-electron chi connectivity index (χ1n) is 11.7. The maximum atomic E-state index is 13.6. The molecular weight excluding hydrogens is 424 g/mol. The zero-order chi connectivity index (χ0) is 24.3. The molecule has 0 aliphatic heterocycles. The largest absolute Gasteiger partial charge is 0.497 e. The molecule has 0 fully saturated rings. The quantitative estimate of drug-likeness (QED) is 0.455. The van der Waals surface area contributed by atoms with Crippen LogP contribution in [0.4, 0.5) is 0 Å². The molecule has 5 heteroatoms. The average Bonchev–Trinajstić information content (AvgIpc) is 2.86. The van der Waals surface area contributed by atoms with Crippen LogP contribution in [0, 0.1) is 5.92 Å². The maximum Gasteiger partial charge on any atom is 0.243 e. The van der Waals surface area contributed by atoms with E-state index in [1.54, 1.807) is 12.0 Å². The number of ether oxygens (including phenoxy) is 1. The van der Waals surface area contributed by atoms with E-state index in [-0.39, 0.29) is 18.2 Å². The number of rotatable bonds is 11. The molecule has 178 valence electrons.